The fraction of sp³-hybridized carbons (Fsp3) is 0.333. The Hall–Kier alpha value is -0.680. The van der Waals surface area contributed by atoms with Crippen molar-refractivity contribution in [3.8, 4) is 0 Å². The number of alkyl halides is 2. The van der Waals surface area contributed by atoms with Crippen molar-refractivity contribution >= 4 is 19.7 Å². The molecule has 2 nitrogen and oxygen atoms in total. The topological polar surface area (TPSA) is 34.1 Å². The van der Waals surface area contributed by atoms with Gasteiger partial charge >= 0.3 is 0 Å². The van der Waals surface area contributed by atoms with E-state index in [9.17, 15) is 17.2 Å². The molecule has 0 aliphatic carbocycles. The molecule has 0 amide bonds. The van der Waals surface area contributed by atoms with Gasteiger partial charge in [0, 0.05) is 16.2 Å². The second kappa shape index (κ2) is 4.06. The van der Waals surface area contributed by atoms with Crippen molar-refractivity contribution in [1.82, 2.24) is 0 Å². The fourth-order valence-corrected chi connectivity index (χ4v) is 2.11. The molecule has 0 aliphatic rings. The highest BCUT2D eigenvalue weighted by molar-refractivity contribution is 8.13. The van der Waals surface area contributed by atoms with Crippen molar-refractivity contribution in [3.05, 3.63) is 35.4 Å². The van der Waals surface area contributed by atoms with Crippen LogP contribution in [0.5, 0.6) is 0 Å². The molecule has 0 saturated carbocycles. The van der Waals surface area contributed by atoms with Gasteiger partial charge in [-0.2, -0.15) is 0 Å². The van der Waals surface area contributed by atoms with Crippen molar-refractivity contribution in [2.75, 3.05) is 5.75 Å². The minimum absolute atomic E-state index is 0.350. The Morgan fingerprint density at radius 2 is 1.73 bits per heavy atom. The van der Waals surface area contributed by atoms with E-state index in [1.807, 2.05) is 0 Å². The minimum atomic E-state index is -4.22. The molecule has 0 saturated heterocycles. The largest absolute Gasteiger partial charge is 0.288 e. The molecule has 1 aromatic rings. The number of benzene rings is 1. The summed E-state index contributed by atoms with van der Waals surface area (Å²) in [5, 5.41) is 0. The maximum Gasteiger partial charge on any atom is 0.288 e. The van der Waals surface area contributed by atoms with Gasteiger partial charge in [-0.25, -0.2) is 17.2 Å². The average Bonchev–Trinajstić information content (AvgIpc) is 2.00. The van der Waals surface area contributed by atoms with Crippen molar-refractivity contribution in [2.24, 2.45) is 0 Å². The van der Waals surface area contributed by atoms with Gasteiger partial charge in [0.25, 0.3) is 5.92 Å². The monoisotopic (exact) mass is 254 g/mol. The highest BCUT2D eigenvalue weighted by Crippen LogP contribution is 2.30. The SMILES string of the molecule is Cc1ccc(C(F)(F)CS(=O)(=O)Cl)cc1. The van der Waals surface area contributed by atoms with E-state index in [0.717, 1.165) is 5.56 Å². The van der Waals surface area contributed by atoms with Crippen LogP contribution in [0.2, 0.25) is 0 Å². The first kappa shape index (κ1) is 12.4. The Balaban J connectivity index is 3.00. The van der Waals surface area contributed by atoms with E-state index in [-0.39, 0.29) is 5.56 Å². The summed E-state index contributed by atoms with van der Waals surface area (Å²) in [5.41, 5.74) is 0.473. The van der Waals surface area contributed by atoms with Crippen LogP contribution in [-0.4, -0.2) is 14.2 Å². The average molecular weight is 255 g/mol. The predicted molar refractivity (Wildman–Crippen MR) is 54.7 cm³/mol. The molecule has 0 radical (unpaired) electrons. The highest BCUT2D eigenvalue weighted by atomic mass is 35.7. The van der Waals surface area contributed by atoms with Crippen LogP contribution >= 0.6 is 10.7 Å². The lowest BCUT2D eigenvalue weighted by molar-refractivity contribution is 0.0217. The van der Waals surface area contributed by atoms with Gasteiger partial charge in [-0.3, -0.25) is 0 Å². The molecule has 0 heterocycles. The maximum atomic E-state index is 13.3. The van der Waals surface area contributed by atoms with Crippen molar-refractivity contribution in [2.45, 2.75) is 12.8 Å². The van der Waals surface area contributed by atoms with Crippen LogP contribution in [0, 0.1) is 6.92 Å². The first-order chi connectivity index (χ1) is 6.71. The second-order valence-corrected chi connectivity index (χ2v) is 6.03. The highest BCUT2D eigenvalue weighted by Gasteiger charge is 2.36. The molecule has 0 N–H and O–H groups in total. The first-order valence-electron chi connectivity index (χ1n) is 4.08. The zero-order chi connectivity index (χ0) is 11.7. The molecular formula is C9H9ClF2O2S. The zero-order valence-electron chi connectivity index (χ0n) is 7.88. The normalized spacial score (nSPS) is 12.8. The van der Waals surface area contributed by atoms with E-state index in [2.05, 4.69) is 0 Å². The molecular weight excluding hydrogens is 246 g/mol. The summed E-state index contributed by atoms with van der Waals surface area (Å²) in [4.78, 5) is 0. The molecule has 0 fully saturated rings. The molecule has 1 rings (SSSR count). The van der Waals surface area contributed by atoms with Gasteiger partial charge in [-0.05, 0) is 6.92 Å². The lowest BCUT2D eigenvalue weighted by Gasteiger charge is -2.14. The van der Waals surface area contributed by atoms with Gasteiger partial charge < -0.3 is 0 Å². The van der Waals surface area contributed by atoms with E-state index < -0.39 is 20.7 Å². The number of hydrogen-bond donors (Lipinski definition) is 0. The maximum absolute atomic E-state index is 13.3. The van der Waals surface area contributed by atoms with Crippen molar-refractivity contribution in [1.29, 1.82) is 0 Å². The van der Waals surface area contributed by atoms with Crippen molar-refractivity contribution in [3.63, 3.8) is 0 Å². The number of halogens is 3. The summed E-state index contributed by atoms with van der Waals surface area (Å²) in [5.74, 6) is -4.83. The Bertz CT molecular complexity index is 440. The zero-order valence-corrected chi connectivity index (χ0v) is 9.45. The number of rotatable bonds is 3. The Kier molecular flexibility index (Phi) is 3.35. The molecule has 15 heavy (non-hydrogen) atoms. The smallest absolute Gasteiger partial charge is 0.212 e. The van der Waals surface area contributed by atoms with E-state index in [0.29, 0.717) is 0 Å². The fourth-order valence-electron chi connectivity index (χ4n) is 1.10. The Labute approximate surface area is 91.3 Å². The lowest BCUT2D eigenvalue weighted by Crippen LogP contribution is -2.22. The van der Waals surface area contributed by atoms with Gasteiger partial charge in [0.1, 0.15) is 5.75 Å². The minimum Gasteiger partial charge on any atom is -0.212 e. The quantitative estimate of drug-likeness (QED) is 0.777. The third-order valence-corrected chi connectivity index (χ3v) is 2.86. The van der Waals surface area contributed by atoms with Crippen LogP contribution in [0.25, 0.3) is 0 Å². The summed E-state index contributed by atoms with van der Waals surface area (Å²) in [6.45, 7) is 1.75. The summed E-state index contributed by atoms with van der Waals surface area (Å²) < 4.78 is 47.8. The lowest BCUT2D eigenvalue weighted by atomic mass is 10.1. The second-order valence-electron chi connectivity index (χ2n) is 3.25. The predicted octanol–water partition coefficient (Wildman–Crippen LogP) is 2.66. The first-order valence-corrected chi connectivity index (χ1v) is 6.56. The number of aryl methyl sites for hydroxylation is 1. The van der Waals surface area contributed by atoms with Gasteiger partial charge in [0.05, 0.1) is 0 Å². The summed E-state index contributed by atoms with van der Waals surface area (Å²) in [6.07, 6.45) is 0. The van der Waals surface area contributed by atoms with Crippen LogP contribution in [0.4, 0.5) is 8.78 Å². The van der Waals surface area contributed by atoms with Crippen LogP contribution in [0.15, 0.2) is 24.3 Å². The summed E-state index contributed by atoms with van der Waals surface area (Å²) in [6, 6.07) is 5.36. The van der Waals surface area contributed by atoms with E-state index in [4.69, 9.17) is 10.7 Å². The van der Waals surface area contributed by atoms with Gasteiger partial charge in [-0.1, -0.05) is 29.8 Å². The molecule has 6 heteroatoms. The molecule has 0 aliphatic heterocycles. The van der Waals surface area contributed by atoms with Gasteiger partial charge in [0.2, 0.25) is 9.05 Å². The molecule has 0 atom stereocenters. The van der Waals surface area contributed by atoms with E-state index in [1.165, 1.54) is 24.3 Å². The van der Waals surface area contributed by atoms with Crippen LogP contribution < -0.4 is 0 Å². The van der Waals surface area contributed by atoms with E-state index in [1.54, 1.807) is 6.92 Å². The third kappa shape index (κ3) is 3.76. The van der Waals surface area contributed by atoms with Crippen LogP contribution in [-0.2, 0) is 15.0 Å². The molecule has 84 valence electrons. The molecule has 0 aromatic heterocycles. The molecule has 0 spiro atoms. The van der Waals surface area contributed by atoms with Gasteiger partial charge in [0.15, 0.2) is 0 Å². The van der Waals surface area contributed by atoms with Crippen molar-refractivity contribution < 1.29 is 17.2 Å². The Morgan fingerprint density at radius 3 is 2.13 bits per heavy atom. The van der Waals surface area contributed by atoms with Crippen LogP contribution in [0.1, 0.15) is 11.1 Å². The molecule has 0 unspecified atom stereocenters. The number of hydrogen-bond acceptors (Lipinski definition) is 2. The van der Waals surface area contributed by atoms with E-state index >= 15 is 0 Å². The summed E-state index contributed by atoms with van der Waals surface area (Å²) in [7, 11) is 0.573. The third-order valence-electron chi connectivity index (χ3n) is 1.83. The molecule has 0 bridgehead atoms. The standard InChI is InChI=1S/C9H9ClF2O2S/c1-7-2-4-8(5-3-7)9(11,12)6-15(10,13)14/h2-5H,6H2,1H3. The molecule has 1 aromatic carbocycles. The van der Waals surface area contributed by atoms with Gasteiger partial charge in [-0.15, -0.1) is 0 Å². The Morgan fingerprint density at radius 1 is 1.27 bits per heavy atom. The summed E-state index contributed by atoms with van der Waals surface area (Å²) >= 11 is 0. The van der Waals surface area contributed by atoms with Crippen LogP contribution in [0.3, 0.4) is 0 Å².